The van der Waals surface area contributed by atoms with Crippen LogP contribution in [0.3, 0.4) is 0 Å². The molecule has 0 radical (unpaired) electrons. The minimum Gasteiger partial charge on any atom is -0.504 e. The van der Waals surface area contributed by atoms with Crippen LogP contribution in [0.15, 0.2) is 59.4 Å². The topological polar surface area (TPSA) is 168 Å². The van der Waals surface area contributed by atoms with Crippen LogP contribution >= 0.6 is 0 Å². The van der Waals surface area contributed by atoms with Gasteiger partial charge in [-0.3, -0.25) is 9.59 Å². The number of hydrogen-bond acceptors (Lipinski definition) is 7. The van der Waals surface area contributed by atoms with Crippen LogP contribution < -0.4 is 21.8 Å². The number of aliphatic carboxylic acids is 1. The predicted octanol–water partition coefficient (Wildman–Crippen LogP) is 0.508. The van der Waals surface area contributed by atoms with Gasteiger partial charge in [-0.15, -0.1) is 0 Å². The summed E-state index contributed by atoms with van der Waals surface area (Å²) in [7, 11) is 0. The highest BCUT2D eigenvalue weighted by atomic mass is 16.5. The number of alkyl carbamates (subject to hydrolysis) is 1. The summed E-state index contributed by atoms with van der Waals surface area (Å²) < 4.78 is 5.10. The summed E-state index contributed by atoms with van der Waals surface area (Å²) in [5.74, 6) is -2.53. The molecule has 10 heteroatoms. The maximum Gasteiger partial charge on any atom is 0.408 e. The Bertz CT molecular complexity index is 998. The van der Waals surface area contributed by atoms with Gasteiger partial charge in [-0.05, 0) is 36.2 Å². The number of carboxylic acids is 1. The van der Waals surface area contributed by atoms with Gasteiger partial charge in [0.2, 0.25) is 11.3 Å². The van der Waals surface area contributed by atoms with Gasteiger partial charge in [0.05, 0.1) is 0 Å². The van der Waals surface area contributed by atoms with Gasteiger partial charge in [-0.1, -0.05) is 42.5 Å². The maximum absolute atomic E-state index is 12.6. The fraction of sp³-hybridized carbons (Fsp3) is 0.273. The SMILES string of the molecule is NCC[C@@H](NC(=O)OCc1ccccc1)C(=O)N[C@@H](Cc1ccc(O)c(=O)cc1)C(=O)O. The third-order valence-corrected chi connectivity index (χ3v) is 4.49. The lowest BCUT2D eigenvalue weighted by atomic mass is 10.1. The number of nitrogens with one attached hydrogen (secondary N) is 2. The smallest absolute Gasteiger partial charge is 0.408 e. The average molecular weight is 443 g/mol. The molecular weight excluding hydrogens is 418 g/mol. The number of carboxylic acid groups (broad SMARTS) is 1. The second-order valence-electron chi connectivity index (χ2n) is 6.93. The van der Waals surface area contributed by atoms with Crippen molar-refractivity contribution in [3.8, 4) is 5.75 Å². The highest BCUT2D eigenvalue weighted by Gasteiger charge is 2.26. The Balaban J connectivity index is 2.01. The van der Waals surface area contributed by atoms with E-state index in [-0.39, 0.29) is 26.0 Å². The van der Waals surface area contributed by atoms with E-state index < -0.39 is 41.2 Å². The van der Waals surface area contributed by atoms with Crippen molar-refractivity contribution < 1.29 is 29.3 Å². The van der Waals surface area contributed by atoms with Gasteiger partial charge in [0.25, 0.3) is 0 Å². The number of aromatic hydroxyl groups is 1. The van der Waals surface area contributed by atoms with E-state index in [1.807, 2.05) is 6.07 Å². The molecule has 0 aliphatic rings. The molecule has 0 saturated carbocycles. The molecule has 0 aliphatic carbocycles. The lowest BCUT2D eigenvalue weighted by Crippen LogP contribution is -2.52. The standard InChI is InChI=1S/C22H25N3O7/c23-11-10-16(25-22(31)32-13-15-4-2-1-3-5-15)20(28)24-17(21(29)30)12-14-6-8-18(26)19(27)9-7-14/h1-9,16-17H,10-13,23H2,(H,24,28)(H,25,31)(H,26,27)(H,29,30)/t16-,17+/m1/s1. The molecule has 0 aromatic heterocycles. The molecule has 0 aliphatic heterocycles. The lowest BCUT2D eigenvalue weighted by molar-refractivity contribution is -0.142. The summed E-state index contributed by atoms with van der Waals surface area (Å²) in [6, 6.07) is 11.5. The Morgan fingerprint density at radius 1 is 0.938 bits per heavy atom. The van der Waals surface area contributed by atoms with Crippen molar-refractivity contribution in [1.82, 2.24) is 10.6 Å². The van der Waals surface area contributed by atoms with Crippen LogP contribution in [0.4, 0.5) is 4.79 Å². The monoisotopic (exact) mass is 443 g/mol. The Morgan fingerprint density at radius 2 is 1.62 bits per heavy atom. The molecule has 170 valence electrons. The van der Waals surface area contributed by atoms with E-state index >= 15 is 0 Å². The fourth-order valence-electron chi connectivity index (χ4n) is 2.78. The predicted molar refractivity (Wildman–Crippen MR) is 115 cm³/mol. The minimum absolute atomic E-state index is 0.000953. The largest absolute Gasteiger partial charge is 0.504 e. The zero-order valence-corrected chi connectivity index (χ0v) is 17.2. The van der Waals surface area contributed by atoms with E-state index in [0.717, 1.165) is 17.7 Å². The minimum atomic E-state index is -1.34. The summed E-state index contributed by atoms with van der Waals surface area (Å²) in [4.78, 5) is 47.8. The molecule has 0 spiro atoms. The summed E-state index contributed by atoms with van der Waals surface area (Å²) >= 11 is 0. The van der Waals surface area contributed by atoms with Crippen LogP contribution in [-0.2, 0) is 27.4 Å². The van der Waals surface area contributed by atoms with Gasteiger partial charge in [0.1, 0.15) is 18.7 Å². The van der Waals surface area contributed by atoms with Gasteiger partial charge < -0.3 is 31.3 Å². The van der Waals surface area contributed by atoms with Gasteiger partial charge in [0.15, 0.2) is 5.75 Å². The van der Waals surface area contributed by atoms with E-state index in [1.165, 1.54) is 12.1 Å². The molecule has 6 N–H and O–H groups in total. The molecular formula is C22H25N3O7. The van der Waals surface area contributed by atoms with Crippen LogP contribution in [0.5, 0.6) is 5.75 Å². The average Bonchev–Trinajstić information content (AvgIpc) is 2.93. The van der Waals surface area contributed by atoms with Crippen LogP contribution in [-0.4, -0.2) is 46.8 Å². The summed E-state index contributed by atoms with van der Waals surface area (Å²) in [5.41, 5.74) is 6.07. The van der Waals surface area contributed by atoms with E-state index in [4.69, 9.17) is 10.5 Å². The zero-order valence-electron chi connectivity index (χ0n) is 17.2. The first-order valence-electron chi connectivity index (χ1n) is 9.83. The first kappa shape index (κ1) is 24.4. The molecule has 0 heterocycles. The fourth-order valence-corrected chi connectivity index (χ4v) is 2.78. The molecule has 0 saturated heterocycles. The van der Waals surface area contributed by atoms with E-state index in [9.17, 15) is 29.4 Å². The molecule has 2 aromatic rings. The molecule has 2 rings (SSSR count). The van der Waals surface area contributed by atoms with Crippen LogP contribution in [0.2, 0.25) is 0 Å². The number of ether oxygens (including phenoxy) is 1. The molecule has 0 fully saturated rings. The second-order valence-corrected chi connectivity index (χ2v) is 6.93. The van der Waals surface area contributed by atoms with Crippen molar-refractivity contribution in [2.24, 2.45) is 5.73 Å². The van der Waals surface area contributed by atoms with Gasteiger partial charge >= 0.3 is 12.1 Å². The zero-order chi connectivity index (χ0) is 23.5. The molecule has 32 heavy (non-hydrogen) atoms. The van der Waals surface area contributed by atoms with Crippen molar-refractivity contribution in [2.75, 3.05) is 6.54 Å². The summed E-state index contributed by atoms with van der Waals surface area (Å²) in [5, 5.41) is 23.7. The third-order valence-electron chi connectivity index (χ3n) is 4.49. The van der Waals surface area contributed by atoms with Crippen molar-refractivity contribution >= 4 is 18.0 Å². The highest BCUT2D eigenvalue weighted by Crippen LogP contribution is 2.07. The Labute approximate surface area is 184 Å². The highest BCUT2D eigenvalue weighted by molar-refractivity contribution is 5.89. The van der Waals surface area contributed by atoms with Crippen molar-refractivity contribution in [2.45, 2.75) is 31.5 Å². The number of carbonyl (C=O) groups excluding carboxylic acids is 2. The molecule has 0 bridgehead atoms. The van der Waals surface area contributed by atoms with E-state index in [1.54, 1.807) is 24.3 Å². The number of hydrogen-bond donors (Lipinski definition) is 5. The Hall–Kier alpha value is -3.92. The number of carbonyl (C=O) groups is 3. The number of nitrogens with two attached hydrogens (primary N) is 1. The molecule has 10 nitrogen and oxygen atoms in total. The first-order valence-corrected chi connectivity index (χ1v) is 9.83. The van der Waals surface area contributed by atoms with Gasteiger partial charge in [-0.2, -0.15) is 0 Å². The van der Waals surface area contributed by atoms with E-state index in [2.05, 4.69) is 10.6 Å². The van der Waals surface area contributed by atoms with Gasteiger partial charge in [-0.25, -0.2) is 9.59 Å². The van der Waals surface area contributed by atoms with Crippen LogP contribution in [0.25, 0.3) is 0 Å². The van der Waals surface area contributed by atoms with Crippen molar-refractivity contribution in [1.29, 1.82) is 0 Å². The number of benzene rings is 1. The lowest BCUT2D eigenvalue weighted by Gasteiger charge is -2.21. The Morgan fingerprint density at radius 3 is 2.28 bits per heavy atom. The first-order chi connectivity index (χ1) is 15.3. The summed E-state index contributed by atoms with van der Waals surface area (Å²) in [6.07, 6.45) is -0.933. The van der Waals surface area contributed by atoms with E-state index in [0.29, 0.717) is 5.56 Å². The third kappa shape index (κ3) is 7.73. The molecule has 2 aromatic carbocycles. The normalized spacial score (nSPS) is 12.3. The quantitative estimate of drug-likeness (QED) is 0.354. The number of rotatable bonds is 10. The number of amides is 2. The Kier molecular flexibility index (Phi) is 9.18. The van der Waals surface area contributed by atoms with Crippen LogP contribution in [0.1, 0.15) is 17.5 Å². The molecule has 0 unspecified atom stereocenters. The van der Waals surface area contributed by atoms with Gasteiger partial charge in [0, 0.05) is 6.42 Å². The molecule has 2 atom stereocenters. The second kappa shape index (κ2) is 12.1. The van der Waals surface area contributed by atoms with Crippen molar-refractivity contribution in [3.05, 3.63) is 75.9 Å². The molecule has 2 amide bonds. The van der Waals surface area contributed by atoms with Crippen molar-refractivity contribution in [3.63, 3.8) is 0 Å². The van der Waals surface area contributed by atoms with Crippen LogP contribution in [0, 0.1) is 0 Å². The maximum atomic E-state index is 12.6. The summed E-state index contributed by atoms with van der Waals surface area (Å²) in [6.45, 7) is 0.0653.